The van der Waals surface area contributed by atoms with Crippen LogP contribution in [0.4, 0.5) is 5.69 Å². The first-order valence-electron chi connectivity index (χ1n) is 9.90. The van der Waals surface area contributed by atoms with Gasteiger partial charge in [0, 0.05) is 13.1 Å². The molecule has 0 aliphatic rings. The highest BCUT2D eigenvalue weighted by Crippen LogP contribution is 2.27. The van der Waals surface area contributed by atoms with E-state index in [1.807, 2.05) is 31.2 Å². The molecule has 2 rings (SSSR count). The standard InChI is InChI=1S/C22H28ClN3O4S/c1-5-24-22(28)17(3)25(14-18-11-7-6-10-16(18)2)21(27)15-26(31(4,29)30)20-13-9-8-12-19(20)23/h6-13,17H,5,14-15H2,1-4H3,(H,24,28)/t17-/m0/s1. The number of aryl methyl sites for hydroxylation is 1. The average Bonchev–Trinajstić information content (AvgIpc) is 2.71. The summed E-state index contributed by atoms with van der Waals surface area (Å²) in [6.45, 7) is 5.45. The van der Waals surface area contributed by atoms with Crippen LogP contribution < -0.4 is 9.62 Å². The Morgan fingerprint density at radius 2 is 1.71 bits per heavy atom. The molecular formula is C22H28ClN3O4S. The molecule has 1 atom stereocenters. The van der Waals surface area contributed by atoms with E-state index in [0.29, 0.717) is 6.54 Å². The lowest BCUT2D eigenvalue weighted by Gasteiger charge is -2.32. The van der Waals surface area contributed by atoms with Crippen molar-refractivity contribution in [1.29, 1.82) is 0 Å². The normalized spacial score (nSPS) is 12.2. The van der Waals surface area contributed by atoms with Crippen LogP contribution in [-0.4, -0.2) is 50.5 Å². The maximum absolute atomic E-state index is 13.3. The second-order valence-corrected chi connectivity index (χ2v) is 9.55. The van der Waals surface area contributed by atoms with Gasteiger partial charge in [-0.3, -0.25) is 13.9 Å². The SMILES string of the molecule is CCNC(=O)[C@H](C)N(Cc1ccccc1C)C(=O)CN(c1ccccc1Cl)S(C)(=O)=O. The number of carbonyl (C=O) groups is 2. The topological polar surface area (TPSA) is 86.8 Å². The number of nitrogens with one attached hydrogen (secondary N) is 1. The number of rotatable bonds is 9. The zero-order valence-corrected chi connectivity index (χ0v) is 19.7. The number of likely N-dealkylation sites (N-methyl/N-ethyl adjacent to an activating group) is 1. The van der Waals surface area contributed by atoms with Gasteiger partial charge in [0.15, 0.2) is 0 Å². The van der Waals surface area contributed by atoms with Gasteiger partial charge in [0.1, 0.15) is 12.6 Å². The third-order valence-electron chi connectivity index (χ3n) is 4.92. The molecule has 31 heavy (non-hydrogen) atoms. The van der Waals surface area contributed by atoms with Crippen molar-refractivity contribution in [2.75, 3.05) is 23.7 Å². The van der Waals surface area contributed by atoms with E-state index in [4.69, 9.17) is 11.6 Å². The fraction of sp³-hybridized carbons (Fsp3) is 0.364. The molecule has 168 valence electrons. The number of anilines is 1. The van der Waals surface area contributed by atoms with Gasteiger partial charge in [-0.05, 0) is 44.0 Å². The lowest BCUT2D eigenvalue weighted by Crippen LogP contribution is -2.51. The van der Waals surface area contributed by atoms with E-state index in [1.165, 1.54) is 11.0 Å². The van der Waals surface area contributed by atoms with Crippen molar-refractivity contribution in [3.05, 3.63) is 64.7 Å². The second-order valence-electron chi connectivity index (χ2n) is 7.24. The van der Waals surface area contributed by atoms with Crippen molar-refractivity contribution in [1.82, 2.24) is 10.2 Å². The Morgan fingerprint density at radius 1 is 1.10 bits per heavy atom. The van der Waals surface area contributed by atoms with Crippen molar-refractivity contribution in [2.45, 2.75) is 33.4 Å². The summed E-state index contributed by atoms with van der Waals surface area (Å²) in [7, 11) is -3.81. The molecular weight excluding hydrogens is 438 g/mol. The van der Waals surface area contributed by atoms with E-state index >= 15 is 0 Å². The number of benzene rings is 2. The van der Waals surface area contributed by atoms with Crippen LogP contribution in [0.15, 0.2) is 48.5 Å². The van der Waals surface area contributed by atoms with Gasteiger partial charge >= 0.3 is 0 Å². The number of hydrogen-bond donors (Lipinski definition) is 1. The van der Waals surface area contributed by atoms with Crippen LogP contribution in [0.5, 0.6) is 0 Å². The maximum Gasteiger partial charge on any atom is 0.244 e. The van der Waals surface area contributed by atoms with Crippen molar-refractivity contribution in [3.8, 4) is 0 Å². The molecule has 0 bridgehead atoms. The molecule has 9 heteroatoms. The van der Waals surface area contributed by atoms with E-state index in [0.717, 1.165) is 21.7 Å². The molecule has 0 spiro atoms. The zero-order chi connectivity index (χ0) is 23.2. The average molecular weight is 466 g/mol. The van der Waals surface area contributed by atoms with Crippen LogP contribution in [0.2, 0.25) is 5.02 Å². The Bertz CT molecular complexity index is 1040. The molecule has 2 aromatic rings. The molecule has 0 aliphatic heterocycles. The molecule has 2 aromatic carbocycles. The van der Waals surface area contributed by atoms with Gasteiger partial charge in [0.25, 0.3) is 0 Å². The zero-order valence-electron chi connectivity index (χ0n) is 18.1. The first kappa shape index (κ1) is 24.7. The van der Waals surface area contributed by atoms with Crippen LogP contribution in [0, 0.1) is 6.92 Å². The summed E-state index contributed by atoms with van der Waals surface area (Å²) in [5.41, 5.74) is 2.05. The number of para-hydroxylation sites is 1. The van der Waals surface area contributed by atoms with Crippen LogP contribution in [-0.2, 0) is 26.2 Å². The molecule has 1 N–H and O–H groups in total. The number of carbonyl (C=O) groups excluding carboxylic acids is 2. The van der Waals surface area contributed by atoms with E-state index in [1.54, 1.807) is 32.0 Å². The quantitative estimate of drug-likeness (QED) is 0.616. The van der Waals surface area contributed by atoms with Crippen LogP contribution in [0.1, 0.15) is 25.0 Å². The van der Waals surface area contributed by atoms with Crippen molar-refractivity contribution in [2.24, 2.45) is 0 Å². The molecule has 0 saturated carbocycles. The van der Waals surface area contributed by atoms with Gasteiger partial charge in [-0.1, -0.05) is 48.0 Å². The predicted octanol–water partition coefficient (Wildman–Crippen LogP) is 2.97. The highest BCUT2D eigenvalue weighted by molar-refractivity contribution is 7.92. The summed E-state index contributed by atoms with van der Waals surface area (Å²) in [6.07, 6.45) is 1.02. The summed E-state index contributed by atoms with van der Waals surface area (Å²) in [4.78, 5) is 27.3. The summed E-state index contributed by atoms with van der Waals surface area (Å²) >= 11 is 6.20. The lowest BCUT2D eigenvalue weighted by molar-refractivity contribution is -0.139. The second kappa shape index (κ2) is 10.6. The molecule has 0 unspecified atom stereocenters. The summed E-state index contributed by atoms with van der Waals surface area (Å²) in [5.74, 6) is -0.819. The van der Waals surface area contributed by atoms with Gasteiger partial charge in [-0.15, -0.1) is 0 Å². The third-order valence-corrected chi connectivity index (χ3v) is 6.37. The molecule has 0 aromatic heterocycles. The summed E-state index contributed by atoms with van der Waals surface area (Å²) in [6, 6.07) is 13.2. The van der Waals surface area contributed by atoms with Gasteiger partial charge in [0.2, 0.25) is 21.8 Å². The van der Waals surface area contributed by atoms with Gasteiger partial charge in [0.05, 0.1) is 17.0 Å². The molecule has 0 saturated heterocycles. The Kier molecular flexibility index (Phi) is 8.47. The minimum Gasteiger partial charge on any atom is -0.355 e. The maximum atomic E-state index is 13.3. The number of halogens is 1. The van der Waals surface area contributed by atoms with Crippen LogP contribution in [0.3, 0.4) is 0 Å². The molecule has 0 heterocycles. The number of amides is 2. The lowest BCUT2D eigenvalue weighted by atomic mass is 10.1. The number of hydrogen-bond acceptors (Lipinski definition) is 4. The number of sulfonamides is 1. The smallest absolute Gasteiger partial charge is 0.244 e. The monoisotopic (exact) mass is 465 g/mol. The molecule has 0 fully saturated rings. The Morgan fingerprint density at radius 3 is 2.29 bits per heavy atom. The minimum atomic E-state index is -3.81. The van der Waals surface area contributed by atoms with Crippen molar-refractivity contribution < 1.29 is 18.0 Å². The van der Waals surface area contributed by atoms with Gasteiger partial charge in [-0.25, -0.2) is 8.42 Å². The summed E-state index contributed by atoms with van der Waals surface area (Å²) in [5, 5.41) is 2.93. The van der Waals surface area contributed by atoms with Crippen LogP contribution in [0.25, 0.3) is 0 Å². The van der Waals surface area contributed by atoms with Crippen LogP contribution >= 0.6 is 11.6 Å². The van der Waals surface area contributed by atoms with E-state index < -0.39 is 28.5 Å². The summed E-state index contributed by atoms with van der Waals surface area (Å²) < 4.78 is 25.9. The minimum absolute atomic E-state index is 0.171. The predicted molar refractivity (Wildman–Crippen MR) is 124 cm³/mol. The number of nitrogens with zero attached hydrogens (tertiary/aromatic N) is 2. The van der Waals surface area contributed by atoms with E-state index in [2.05, 4.69) is 5.32 Å². The molecule has 0 aliphatic carbocycles. The Labute approximate surface area is 189 Å². The highest BCUT2D eigenvalue weighted by atomic mass is 35.5. The molecule has 2 amide bonds. The van der Waals surface area contributed by atoms with Crippen molar-refractivity contribution in [3.63, 3.8) is 0 Å². The Balaban J connectivity index is 2.41. The highest BCUT2D eigenvalue weighted by Gasteiger charge is 2.30. The fourth-order valence-electron chi connectivity index (χ4n) is 3.12. The van der Waals surface area contributed by atoms with Crippen molar-refractivity contribution >= 4 is 39.1 Å². The molecule has 7 nitrogen and oxygen atoms in total. The van der Waals surface area contributed by atoms with E-state index in [-0.39, 0.29) is 23.2 Å². The first-order chi connectivity index (χ1) is 14.6. The Hall–Kier alpha value is -2.58. The van der Waals surface area contributed by atoms with Gasteiger partial charge in [-0.2, -0.15) is 0 Å². The third kappa shape index (κ3) is 6.45. The van der Waals surface area contributed by atoms with E-state index in [9.17, 15) is 18.0 Å². The first-order valence-corrected chi connectivity index (χ1v) is 12.1. The van der Waals surface area contributed by atoms with Gasteiger partial charge < -0.3 is 10.2 Å². The fourth-order valence-corrected chi connectivity index (χ4v) is 4.27. The molecule has 0 radical (unpaired) electrons. The largest absolute Gasteiger partial charge is 0.355 e.